The lowest BCUT2D eigenvalue weighted by atomic mass is 10.0. The van der Waals surface area contributed by atoms with Crippen LogP contribution in [0.4, 0.5) is 0 Å². The van der Waals surface area contributed by atoms with Gasteiger partial charge in [-0.25, -0.2) is 0 Å². The molecule has 0 radical (unpaired) electrons. The van der Waals surface area contributed by atoms with Crippen molar-refractivity contribution in [2.45, 2.75) is 57.3 Å². The van der Waals surface area contributed by atoms with Crippen molar-refractivity contribution in [1.29, 1.82) is 0 Å². The molecule has 1 aliphatic heterocycles. The molecule has 1 aliphatic carbocycles. The van der Waals surface area contributed by atoms with Gasteiger partial charge in [0.25, 0.3) is 0 Å². The van der Waals surface area contributed by atoms with Gasteiger partial charge in [0.15, 0.2) is 0 Å². The molecule has 3 rings (SSSR count). The number of aliphatic hydroxyl groups excluding tert-OH is 1. The number of nitrogens with zero attached hydrogens (tertiary/aromatic N) is 1. The van der Waals surface area contributed by atoms with Crippen LogP contribution in [-0.4, -0.2) is 41.1 Å². The highest BCUT2D eigenvalue weighted by atomic mass is 35.5. The fourth-order valence-corrected chi connectivity index (χ4v) is 3.78. The number of hydrogen-bond donors (Lipinski definition) is 3. The van der Waals surface area contributed by atoms with Crippen LogP contribution >= 0.6 is 24.8 Å². The quantitative estimate of drug-likeness (QED) is 0.703. The summed E-state index contributed by atoms with van der Waals surface area (Å²) in [4.78, 5) is 14.7. The Kier molecular flexibility index (Phi) is 9.90. The van der Waals surface area contributed by atoms with E-state index in [9.17, 15) is 9.90 Å². The summed E-state index contributed by atoms with van der Waals surface area (Å²) in [6.07, 6.45) is 4.22. The predicted molar refractivity (Wildman–Crippen MR) is 109 cm³/mol. The van der Waals surface area contributed by atoms with E-state index in [1.807, 2.05) is 6.07 Å². The van der Waals surface area contributed by atoms with Crippen molar-refractivity contribution in [1.82, 2.24) is 10.2 Å². The standard InChI is InChI=1S/C19H29N3O2.2ClH/c20-17-6-5-14(11-17)19(24)21-12-15-3-1-2-4-16(15)13-22-9-7-18(23)8-10-22;;/h1-4,14,17-18,23H,5-13,20H2,(H,21,24);2*1H. The number of carbonyl (C=O) groups excluding carboxylic acids is 1. The Bertz CT molecular complexity index is 565. The largest absolute Gasteiger partial charge is 0.393 e. The van der Waals surface area contributed by atoms with E-state index in [1.165, 1.54) is 11.1 Å². The van der Waals surface area contributed by atoms with Crippen molar-refractivity contribution >= 4 is 30.7 Å². The molecule has 7 heteroatoms. The van der Waals surface area contributed by atoms with Gasteiger partial charge >= 0.3 is 0 Å². The number of likely N-dealkylation sites (tertiary alicyclic amines) is 1. The molecule has 0 spiro atoms. The molecular weight excluding hydrogens is 373 g/mol. The van der Waals surface area contributed by atoms with Gasteiger partial charge in [-0.3, -0.25) is 9.69 Å². The molecule has 1 saturated heterocycles. The van der Waals surface area contributed by atoms with Crippen LogP contribution in [0, 0.1) is 5.92 Å². The number of halogens is 2. The van der Waals surface area contributed by atoms with E-state index in [0.29, 0.717) is 6.54 Å². The van der Waals surface area contributed by atoms with Crippen molar-refractivity contribution in [3.05, 3.63) is 35.4 Å². The van der Waals surface area contributed by atoms with Crippen molar-refractivity contribution in [3.8, 4) is 0 Å². The first-order valence-electron chi connectivity index (χ1n) is 9.12. The molecule has 1 aromatic rings. The molecule has 0 aromatic heterocycles. The van der Waals surface area contributed by atoms with Crippen LogP contribution in [0.1, 0.15) is 43.2 Å². The van der Waals surface area contributed by atoms with Gasteiger partial charge in [-0.15, -0.1) is 24.8 Å². The lowest BCUT2D eigenvalue weighted by Gasteiger charge is -2.30. The third-order valence-electron chi connectivity index (χ3n) is 5.37. The second-order valence-corrected chi connectivity index (χ2v) is 7.26. The summed E-state index contributed by atoms with van der Waals surface area (Å²) in [6, 6.07) is 8.49. The number of amides is 1. The summed E-state index contributed by atoms with van der Waals surface area (Å²) in [5.74, 6) is 0.217. The molecule has 1 amide bonds. The fraction of sp³-hybridized carbons (Fsp3) is 0.632. The lowest BCUT2D eigenvalue weighted by Crippen LogP contribution is -2.36. The zero-order valence-corrected chi connectivity index (χ0v) is 16.7. The van der Waals surface area contributed by atoms with Gasteiger partial charge in [-0.1, -0.05) is 24.3 Å². The number of hydrogen-bond acceptors (Lipinski definition) is 4. The SMILES string of the molecule is Cl.Cl.NC1CCC(C(=O)NCc2ccccc2CN2CCC(O)CC2)C1. The molecule has 2 fully saturated rings. The van der Waals surface area contributed by atoms with Crippen LogP contribution in [0.3, 0.4) is 0 Å². The summed E-state index contributed by atoms with van der Waals surface area (Å²) >= 11 is 0. The van der Waals surface area contributed by atoms with Crippen LogP contribution in [0.15, 0.2) is 24.3 Å². The molecule has 4 N–H and O–H groups in total. The first-order chi connectivity index (χ1) is 11.6. The van der Waals surface area contributed by atoms with Gasteiger partial charge in [0.2, 0.25) is 5.91 Å². The summed E-state index contributed by atoms with van der Waals surface area (Å²) in [5.41, 5.74) is 8.35. The maximum absolute atomic E-state index is 12.3. The van der Waals surface area contributed by atoms with Crippen molar-refractivity contribution in [2.75, 3.05) is 13.1 Å². The molecule has 2 aliphatic rings. The minimum absolute atomic E-state index is 0. The third kappa shape index (κ3) is 6.39. The summed E-state index contributed by atoms with van der Waals surface area (Å²) < 4.78 is 0. The Morgan fingerprint density at radius 3 is 2.38 bits per heavy atom. The number of aliphatic hydroxyl groups is 1. The number of benzene rings is 1. The Morgan fingerprint density at radius 2 is 1.77 bits per heavy atom. The summed E-state index contributed by atoms with van der Waals surface area (Å²) in [6.45, 7) is 3.33. The van der Waals surface area contributed by atoms with Gasteiger partial charge in [0.1, 0.15) is 0 Å². The smallest absolute Gasteiger partial charge is 0.223 e. The Labute approximate surface area is 168 Å². The van der Waals surface area contributed by atoms with E-state index in [-0.39, 0.29) is 48.8 Å². The van der Waals surface area contributed by atoms with Crippen molar-refractivity contribution < 1.29 is 9.90 Å². The zero-order chi connectivity index (χ0) is 16.9. The molecule has 2 unspecified atom stereocenters. The minimum Gasteiger partial charge on any atom is -0.393 e. The van der Waals surface area contributed by atoms with Crippen LogP contribution < -0.4 is 11.1 Å². The van der Waals surface area contributed by atoms with Crippen molar-refractivity contribution in [2.24, 2.45) is 11.7 Å². The first kappa shape index (κ1) is 23.2. The van der Waals surface area contributed by atoms with Gasteiger partial charge in [-0.05, 0) is 43.2 Å². The van der Waals surface area contributed by atoms with E-state index in [1.54, 1.807) is 0 Å². The number of piperidine rings is 1. The molecule has 0 bridgehead atoms. The Morgan fingerprint density at radius 1 is 1.12 bits per heavy atom. The molecular formula is C19H31Cl2N3O2. The Hall–Kier alpha value is -0.850. The van der Waals surface area contributed by atoms with Crippen LogP contribution in [0.5, 0.6) is 0 Å². The average Bonchev–Trinajstić information content (AvgIpc) is 3.02. The van der Waals surface area contributed by atoms with E-state index in [0.717, 1.165) is 51.7 Å². The predicted octanol–water partition coefficient (Wildman–Crippen LogP) is 2.23. The summed E-state index contributed by atoms with van der Waals surface area (Å²) in [7, 11) is 0. The molecule has 1 aromatic carbocycles. The highest BCUT2D eigenvalue weighted by Gasteiger charge is 2.27. The maximum Gasteiger partial charge on any atom is 0.223 e. The lowest BCUT2D eigenvalue weighted by molar-refractivity contribution is -0.125. The number of carbonyl (C=O) groups is 1. The number of nitrogens with one attached hydrogen (secondary N) is 1. The topological polar surface area (TPSA) is 78.6 Å². The molecule has 1 saturated carbocycles. The number of nitrogens with two attached hydrogens (primary N) is 1. The van der Waals surface area contributed by atoms with Gasteiger partial charge in [0, 0.05) is 38.1 Å². The highest BCUT2D eigenvalue weighted by molar-refractivity contribution is 5.85. The van der Waals surface area contributed by atoms with E-state index in [2.05, 4.69) is 28.4 Å². The minimum atomic E-state index is -0.145. The van der Waals surface area contributed by atoms with Crippen LogP contribution in [0.25, 0.3) is 0 Å². The van der Waals surface area contributed by atoms with Crippen LogP contribution in [0.2, 0.25) is 0 Å². The molecule has 2 atom stereocenters. The highest BCUT2D eigenvalue weighted by Crippen LogP contribution is 2.24. The normalized spacial score (nSPS) is 23.8. The Balaban J connectivity index is 0.00000169. The number of rotatable bonds is 5. The zero-order valence-electron chi connectivity index (χ0n) is 15.1. The van der Waals surface area contributed by atoms with Crippen LogP contribution in [-0.2, 0) is 17.9 Å². The molecule has 148 valence electrons. The monoisotopic (exact) mass is 403 g/mol. The fourth-order valence-electron chi connectivity index (χ4n) is 3.78. The molecule has 5 nitrogen and oxygen atoms in total. The van der Waals surface area contributed by atoms with Gasteiger partial charge in [0.05, 0.1) is 6.10 Å². The van der Waals surface area contributed by atoms with E-state index < -0.39 is 0 Å². The average molecular weight is 404 g/mol. The first-order valence-corrected chi connectivity index (χ1v) is 9.12. The second-order valence-electron chi connectivity index (χ2n) is 7.26. The molecule has 26 heavy (non-hydrogen) atoms. The van der Waals surface area contributed by atoms with Gasteiger partial charge in [-0.2, -0.15) is 0 Å². The maximum atomic E-state index is 12.3. The van der Waals surface area contributed by atoms with Crippen molar-refractivity contribution in [3.63, 3.8) is 0 Å². The third-order valence-corrected chi connectivity index (χ3v) is 5.37. The van der Waals surface area contributed by atoms with E-state index >= 15 is 0 Å². The summed E-state index contributed by atoms with van der Waals surface area (Å²) in [5, 5.41) is 12.7. The second kappa shape index (κ2) is 11.1. The van der Waals surface area contributed by atoms with Gasteiger partial charge < -0.3 is 16.2 Å². The molecule has 1 heterocycles. The van der Waals surface area contributed by atoms with E-state index in [4.69, 9.17) is 5.73 Å².